The van der Waals surface area contributed by atoms with Crippen molar-refractivity contribution < 1.29 is 14.3 Å². The molecule has 0 radical (unpaired) electrons. The lowest BCUT2D eigenvalue weighted by atomic mass is 10.1. The molecule has 0 saturated heterocycles. The van der Waals surface area contributed by atoms with E-state index in [1.165, 1.54) is 11.8 Å². The second-order valence-corrected chi connectivity index (χ2v) is 6.34. The molecule has 5 nitrogen and oxygen atoms in total. The minimum absolute atomic E-state index is 0.0425. The highest BCUT2D eigenvalue weighted by atomic mass is 35.5. The van der Waals surface area contributed by atoms with Gasteiger partial charge in [0.1, 0.15) is 12.3 Å². The van der Waals surface area contributed by atoms with Gasteiger partial charge in [0.15, 0.2) is 0 Å². The molecule has 0 aromatic heterocycles. The summed E-state index contributed by atoms with van der Waals surface area (Å²) < 4.78 is 5.12. The maximum absolute atomic E-state index is 12.3. The number of carbonyl (C=O) groups excluding carboxylic acids is 2. The van der Waals surface area contributed by atoms with Crippen LogP contribution in [0.5, 0.6) is 5.75 Å². The van der Waals surface area contributed by atoms with Crippen molar-refractivity contribution in [3.8, 4) is 5.75 Å². The lowest BCUT2D eigenvalue weighted by Gasteiger charge is -2.23. The van der Waals surface area contributed by atoms with Crippen molar-refractivity contribution >= 4 is 29.1 Å². The molecule has 6 heteroatoms. The summed E-state index contributed by atoms with van der Waals surface area (Å²) in [5.41, 5.74) is 2.52. The highest BCUT2D eigenvalue weighted by Crippen LogP contribution is 2.26. The number of nitrogens with one attached hydrogen (secondary N) is 1. The number of benzene rings is 2. The fraction of sp³-hybridized carbons (Fsp3) is 0.300. The molecule has 0 spiro atoms. The number of halogens is 1. The van der Waals surface area contributed by atoms with Crippen molar-refractivity contribution in [3.05, 3.63) is 58.6 Å². The van der Waals surface area contributed by atoms with Crippen LogP contribution in [0.15, 0.2) is 42.5 Å². The van der Waals surface area contributed by atoms with Gasteiger partial charge in [-0.25, -0.2) is 0 Å². The Bertz CT molecular complexity index is 775. The number of rotatable bonds is 7. The number of methoxy groups -OCH3 is 1. The zero-order chi connectivity index (χ0) is 19.1. The first-order valence-corrected chi connectivity index (χ1v) is 8.73. The smallest absolute Gasteiger partial charge is 0.240 e. The average Bonchev–Trinajstić information content (AvgIpc) is 2.63. The van der Waals surface area contributed by atoms with E-state index < -0.39 is 0 Å². The van der Waals surface area contributed by atoms with E-state index in [4.69, 9.17) is 16.3 Å². The minimum Gasteiger partial charge on any atom is -0.497 e. The molecular weight excluding hydrogens is 352 g/mol. The van der Waals surface area contributed by atoms with Crippen LogP contribution in [0.4, 0.5) is 5.69 Å². The molecule has 0 aliphatic rings. The van der Waals surface area contributed by atoms with Gasteiger partial charge in [-0.3, -0.25) is 9.59 Å². The Morgan fingerprint density at radius 3 is 2.46 bits per heavy atom. The predicted molar refractivity (Wildman–Crippen MR) is 104 cm³/mol. The minimum atomic E-state index is -0.215. The molecule has 2 rings (SSSR count). The quantitative estimate of drug-likeness (QED) is 0.808. The molecule has 0 aliphatic heterocycles. The van der Waals surface area contributed by atoms with Gasteiger partial charge in [-0.15, -0.1) is 0 Å². The van der Waals surface area contributed by atoms with Crippen LogP contribution >= 0.6 is 11.6 Å². The van der Waals surface area contributed by atoms with Crippen LogP contribution in [0.1, 0.15) is 18.1 Å². The largest absolute Gasteiger partial charge is 0.497 e. The van der Waals surface area contributed by atoms with Gasteiger partial charge in [-0.2, -0.15) is 0 Å². The Balaban J connectivity index is 1.93. The van der Waals surface area contributed by atoms with Crippen molar-refractivity contribution in [2.24, 2.45) is 0 Å². The third-order valence-corrected chi connectivity index (χ3v) is 4.52. The van der Waals surface area contributed by atoms with Crippen LogP contribution in [0, 0.1) is 6.92 Å². The van der Waals surface area contributed by atoms with Gasteiger partial charge in [0, 0.05) is 24.2 Å². The Hall–Kier alpha value is -2.53. The van der Waals surface area contributed by atoms with Crippen LogP contribution in [-0.4, -0.2) is 32.0 Å². The molecule has 138 valence electrons. The number of carbonyl (C=O) groups is 2. The summed E-state index contributed by atoms with van der Waals surface area (Å²) in [4.78, 5) is 25.7. The monoisotopic (exact) mass is 374 g/mol. The summed E-state index contributed by atoms with van der Waals surface area (Å²) >= 11 is 6.12. The number of nitrogens with zero attached hydrogens (tertiary/aromatic N) is 1. The van der Waals surface area contributed by atoms with Crippen molar-refractivity contribution in [1.29, 1.82) is 0 Å². The summed E-state index contributed by atoms with van der Waals surface area (Å²) in [6, 6.07) is 13.0. The Morgan fingerprint density at radius 1 is 1.15 bits per heavy atom. The van der Waals surface area contributed by atoms with Crippen molar-refractivity contribution in [2.75, 3.05) is 25.1 Å². The molecule has 0 heterocycles. The van der Waals surface area contributed by atoms with Crippen molar-refractivity contribution in [3.63, 3.8) is 0 Å². The molecule has 0 fully saturated rings. The van der Waals surface area contributed by atoms with E-state index in [1.54, 1.807) is 25.3 Å². The van der Waals surface area contributed by atoms with Crippen LogP contribution in [0.3, 0.4) is 0 Å². The molecule has 26 heavy (non-hydrogen) atoms. The van der Waals surface area contributed by atoms with Gasteiger partial charge in [0.05, 0.1) is 7.11 Å². The van der Waals surface area contributed by atoms with Crippen LogP contribution in [0.25, 0.3) is 0 Å². The van der Waals surface area contributed by atoms with Gasteiger partial charge < -0.3 is 15.0 Å². The number of ether oxygens (including phenoxy) is 1. The normalized spacial score (nSPS) is 10.3. The van der Waals surface area contributed by atoms with E-state index in [1.807, 2.05) is 31.2 Å². The Kier molecular flexibility index (Phi) is 7.04. The van der Waals surface area contributed by atoms with Crippen molar-refractivity contribution in [1.82, 2.24) is 5.32 Å². The van der Waals surface area contributed by atoms with Gasteiger partial charge in [0.2, 0.25) is 11.8 Å². The maximum atomic E-state index is 12.3. The van der Waals surface area contributed by atoms with E-state index in [2.05, 4.69) is 5.32 Å². The highest BCUT2D eigenvalue weighted by molar-refractivity contribution is 6.31. The van der Waals surface area contributed by atoms with Gasteiger partial charge in [0.25, 0.3) is 0 Å². The predicted octanol–water partition coefficient (Wildman–Crippen LogP) is 3.37. The first kappa shape index (κ1) is 19.8. The fourth-order valence-corrected chi connectivity index (χ4v) is 2.76. The molecule has 0 saturated carbocycles. The molecule has 0 unspecified atom stereocenters. The molecule has 2 aromatic rings. The summed E-state index contributed by atoms with van der Waals surface area (Å²) in [5.74, 6) is 0.375. The van der Waals surface area contributed by atoms with Gasteiger partial charge >= 0.3 is 0 Å². The first-order valence-electron chi connectivity index (χ1n) is 8.35. The van der Waals surface area contributed by atoms with Crippen LogP contribution < -0.4 is 15.0 Å². The summed E-state index contributed by atoms with van der Waals surface area (Å²) in [6.07, 6.45) is 0.700. The SMILES string of the molecule is COc1ccc(CCNC(=O)CN(C(C)=O)c2cccc(Cl)c2C)cc1. The third-order valence-electron chi connectivity index (χ3n) is 4.11. The lowest BCUT2D eigenvalue weighted by molar-refractivity contribution is -0.123. The third kappa shape index (κ3) is 5.23. The number of amides is 2. The summed E-state index contributed by atoms with van der Waals surface area (Å²) in [7, 11) is 1.62. The molecule has 0 aliphatic carbocycles. The number of anilines is 1. The molecule has 1 N–H and O–H groups in total. The molecule has 0 bridgehead atoms. The van der Waals surface area contributed by atoms with E-state index in [-0.39, 0.29) is 18.4 Å². The molecule has 2 amide bonds. The zero-order valence-corrected chi connectivity index (χ0v) is 16.0. The lowest BCUT2D eigenvalue weighted by Crippen LogP contribution is -2.40. The standard InChI is InChI=1S/C20H23ClN2O3/c1-14-18(21)5-4-6-19(14)23(15(2)24)13-20(25)22-12-11-16-7-9-17(26-3)10-8-16/h4-10H,11-13H2,1-3H3,(H,22,25). The second kappa shape index (κ2) is 9.25. The average molecular weight is 375 g/mol. The van der Waals surface area contributed by atoms with E-state index in [0.29, 0.717) is 23.7 Å². The van der Waals surface area contributed by atoms with E-state index in [9.17, 15) is 9.59 Å². The van der Waals surface area contributed by atoms with Crippen LogP contribution in [-0.2, 0) is 16.0 Å². The summed E-state index contributed by atoms with van der Waals surface area (Å²) in [5, 5.41) is 3.42. The Morgan fingerprint density at radius 2 is 1.85 bits per heavy atom. The van der Waals surface area contributed by atoms with Crippen LogP contribution in [0.2, 0.25) is 5.02 Å². The Labute approximate surface area is 158 Å². The van der Waals surface area contributed by atoms with Gasteiger partial charge in [-0.1, -0.05) is 29.8 Å². The summed E-state index contributed by atoms with van der Waals surface area (Å²) in [6.45, 7) is 3.71. The molecule has 2 aromatic carbocycles. The second-order valence-electron chi connectivity index (χ2n) is 5.94. The van der Waals surface area contributed by atoms with E-state index in [0.717, 1.165) is 16.9 Å². The molecular formula is C20H23ClN2O3. The number of hydrogen-bond donors (Lipinski definition) is 1. The highest BCUT2D eigenvalue weighted by Gasteiger charge is 2.18. The first-order chi connectivity index (χ1) is 12.4. The van der Waals surface area contributed by atoms with Gasteiger partial charge in [-0.05, 0) is 48.7 Å². The van der Waals surface area contributed by atoms with Crippen molar-refractivity contribution in [2.45, 2.75) is 20.3 Å². The topological polar surface area (TPSA) is 58.6 Å². The van der Waals surface area contributed by atoms with E-state index >= 15 is 0 Å². The maximum Gasteiger partial charge on any atom is 0.240 e. The fourth-order valence-electron chi connectivity index (χ4n) is 2.59. The zero-order valence-electron chi connectivity index (χ0n) is 15.2. The molecule has 0 atom stereocenters. The number of hydrogen-bond acceptors (Lipinski definition) is 3.